The van der Waals surface area contributed by atoms with Crippen molar-refractivity contribution in [2.45, 2.75) is 0 Å². The number of H-pyrrole nitrogens is 1. The van der Waals surface area contributed by atoms with Crippen LogP contribution in [0.1, 0.15) is 15.9 Å². The van der Waals surface area contributed by atoms with Crippen LogP contribution in [-0.2, 0) is 0 Å². The van der Waals surface area contributed by atoms with Crippen LogP contribution in [0.4, 0.5) is 5.82 Å². The van der Waals surface area contributed by atoms with E-state index in [1.165, 1.54) is 13.3 Å². The summed E-state index contributed by atoms with van der Waals surface area (Å²) < 4.78 is 5.95. The fourth-order valence-electron chi connectivity index (χ4n) is 1.66. The van der Waals surface area contributed by atoms with Crippen LogP contribution in [0.2, 0.25) is 0 Å². The maximum absolute atomic E-state index is 12.3. The molecule has 0 unspecified atom stereocenters. The first-order valence-corrected chi connectivity index (χ1v) is 6.52. The predicted octanol–water partition coefficient (Wildman–Crippen LogP) is 1.53. The lowest BCUT2D eigenvalue weighted by molar-refractivity contribution is 0.102. The van der Waals surface area contributed by atoms with E-state index >= 15 is 0 Å². The molecule has 1 aromatic heterocycles. The maximum atomic E-state index is 12.3. The summed E-state index contributed by atoms with van der Waals surface area (Å²) in [6.45, 7) is 0. The van der Waals surface area contributed by atoms with Crippen LogP contribution in [-0.4, -0.2) is 34.3 Å². The third-order valence-corrected chi connectivity index (χ3v) is 3.16. The lowest BCUT2D eigenvalue weighted by Gasteiger charge is -2.09. The van der Waals surface area contributed by atoms with E-state index in [1.807, 2.05) is 0 Å². The predicted molar refractivity (Wildman–Crippen MR) is 79.7 cm³/mol. The van der Waals surface area contributed by atoms with Crippen LogP contribution in [0.3, 0.4) is 0 Å². The van der Waals surface area contributed by atoms with E-state index in [1.54, 1.807) is 18.2 Å². The van der Waals surface area contributed by atoms with Gasteiger partial charge in [0.2, 0.25) is 0 Å². The molecule has 1 amide bonds. The van der Waals surface area contributed by atoms with Gasteiger partial charge in [-0.25, -0.2) is 0 Å². The van der Waals surface area contributed by atoms with E-state index in [4.69, 9.17) is 15.7 Å². The zero-order valence-corrected chi connectivity index (χ0v) is 12.5. The largest absolute Gasteiger partial charge is 0.496 e. The summed E-state index contributed by atoms with van der Waals surface area (Å²) in [4.78, 5) is 12.3. The van der Waals surface area contributed by atoms with Crippen LogP contribution in [0, 0.1) is 0 Å². The van der Waals surface area contributed by atoms with Gasteiger partial charge in [-0.05, 0) is 18.2 Å². The fraction of sp³-hybridized carbons (Fsp3) is 0.0833. The first kappa shape index (κ1) is 14.9. The van der Waals surface area contributed by atoms with Crippen LogP contribution < -0.4 is 15.8 Å². The summed E-state index contributed by atoms with van der Waals surface area (Å²) in [6, 6.07) is 5.00. The number of amides is 1. The molecule has 1 aromatic carbocycles. The van der Waals surface area contributed by atoms with Gasteiger partial charge in [-0.2, -0.15) is 5.10 Å². The first-order chi connectivity index (χ1) is 10.1. The molecule has 0 aliphatic heterocycles. The fourth-order valence-corrected chi connectivity index (χ4v) is 2.00. The second-order valence-corrected chi connectivity index (χ2v) is 4.86. The van der Waals surface area contributed by atoms with E-state index in [-0.39, 0.29) is 17.2 Å². The number of nitrogens with one attached hydrogen (secondary N) is 2. The summed E-state index contributed by atoms with van der Waals surface area (Å²) >= 11 is 3.30. The van der Waals surface area contributed by atoms with E-state index in [0.717, 1.165) is 4.47 Å². The van der Waals surface area contributed by atoms with Gasteiger partial charge < -0.3 is 21.0 Å². The number of ether oxygens (including phenoxy) is 1. The van der Waals surface area contributed by atoms with Gasteiger partial charge in [-0.3, -0.25) is 9.89 Å². The number of aromatic amines is 1. The summed E-state index contributed by atoms with van der Waals surface area (Å²) in [5.41, 5.74) is 6.10. The number of halogens is 1. The van der Waals surface area contributed by atoms with Gasteiger partial charge >= 0.3 is 0 Å². The minimum atomic E-state index is -0.421. The second-order valence-electron chi connectivity index (χ2n) is 3.94. The molecular formula is C12H12BrN5O3. The quantitative estimate of drug-likeness (QED) is 0.287. The number of aromatic nitrogens is 2. The van der Waals surface area contributed by atoms with Crippen LogP contribution in [0.25, 0.3) is 0 Å². The van der Waals surface area contributed by atoms with Gasteiger partial charge in [0.25, 0.3) is 5.91 Å². The van der Waals surface area contributed by atoms with Gasteiger partial charge in [0, 0.05) is 4.47 Å². The molecule has 2 rings (SSSR count). The molecule has 21 heavy (non-hydrogen) atoms. The minimum absolute atomic E-state index is 0.165. The third kappa shape index (κ3) is 3.14. The highest BCUT2D eigenvalue weighted by molar-refractivity contribution is 9.10. The van der Waals surface area contributed by atoms with E-state index in [0.29, 0.717) is 11.3 Å². The molecule has 2 aromatic rings. The Labute approximate surface area is 128 Å². The Balaban J connectivity index is 2.29. The number of hydrogen-bond donors (Lipinski definition) is 4. The Hall–Kier alpha value is -2.55. The Kier molecular flexibility index (Phi) is 4.43. The first-order valence-electron chi connectivity index (χ1n) is 5.73. The number of amidine groups is 1. The van der Waals surface area contributed by atoms with Crippen molar-refractivity contribution in [2.75, 3.05) is 12.4 Å². The monoisotopic (exact) mass is 353 g/mol. The number of rotatable bonds is 4. The van der Waals surface area contributed by atoms with Gasteiger partial charge in [-0.15, -0.1) is 0 Å². The van der Waals surface area contributed by atoms with Gasteiger partial charge in [0.1, 0.15) is 11.6 Å². The summed E-state index contributed by atoms with van der Waals surface area (Å²) in [5, 5.41) is 20.5. The molecular weight excluding hydrogens is 342 g/mol. The topological polar surface area (TPSA) is 126 Å². The molecule has 0 radical (unpaired) electrons. The van der Waals surface area contributed by atoms with Crippen molar-refractivity contribution in [3.8, 4) is 5.75 Å². The summed E-state index contributed by atoms with van der Waals surface area (Å²) in [5.74, 6) is 0.0458. The third-order valence-electron chi connectivity index (χ3n) is 2.67. The number of carbonyl (C=O) groups excluding carboxylic acids is 1. The molecule has 1 heterocycles. The average Bonchev–Trinajstić information content (AvgIpc) is 2.94. The molecule has 0 bridgehead atoms. The molecule has 5 N–H and O–H groups in total. The molecule has 0 atom stereocenters. The summed E-state index contributed by atoms with van der Waals surface area (Å²) in [7, 11) is 1.47. The lowest BCUT2D eigenvalue weighted by Crippen LogP contribution is -2.19. The maximum Gasteiger partial charge on any atom is 0.260 e. The lowest BCUT2D eigenvalue weighted by atomic mass is 10.2. The molecule has 0 fully saturated rings. The number of carbonyl (C=O) groups is 1. The van der Waals surface area contributed by atoms with Crippen molar-refractivity contribution in [3.63, 3.8) is 0 Å². The van der Waals surface area contributed by atoms with Crippen molar-refractivity contribution in [1.82, 2.24) is 10.2 Å². The molecule has 0 saturated carbocycles. The van der Waals surface area contributed by atoms with Crippen molar-refractivity contribution in [3.05, 3.63) is 40.0 Å². The minimum Gasteiger partial charge on any atom is -0.496 e. The van der Waals surface area contributed by atoms with Gasteiger partial charge in [0.15, 0.2) is 5.84 Å². The van der Waals surface area contributed by atoms with Crippen LogP contribution in [0.5, 0.6) is 5.75 Å². The van der Waals surface area contributed by atoms with E-state index < -0.39 is 5.91 Å². The van der Waals surface area contributed by atoms with E-state index in [2.05, 4.69) is 36.6 Å². The van der Waals surface area contributed by atoms with Gasteiger partial charge in [-0.1, -0.05) is 21.1 Å². The molecule has 0 spiro atoms. The number of oxime groups is 1. The summed E-state index contributed by atoms with van der Waals surface area (Å²) in [6.07, 6.45) is 1.34. The Morgan fingerprint density at radius 1 is 1.52 bits per heavy atom. The van der Waals surface area contributed by atoms with Crippen molar-refractivity contribution >= 4 is 33.5 Å². The van der Waals surface area contributed by atoms with Crippen LogP contribution in [0.15, 0.2) is 34.0 Å². The van der Waals surface area contributed by atoms with Gasteiger partial charge in [0.05, 0.1) is 24.4 Å². The molecule has 0 aliphatic rings. The molecule has 8 nitrogen and oxygen atoms in total. The highest BCUT2D eigenvalue weighted by Gasteiger charge is 2.17. The molecule has 0 saturated heterocycles. The normalized spacial score (nSPS) is 11.2. The number of nitrogens with two attached hydrogens (primary N) is 1. The zero-order valence-electron chi connectivity index (χ0n) is 10.9. The number of benzene rings is 1. The van der Waals surface area contributed by atoms with Crippen molar-refractivity contribution < 1.29 is 14.7 Å². The average molecular weight is 354 g/mol. The Bertz CT molecular complexity index is 698. The number of hydrogen-bond acceptors (Lipinski definition) is 5. The highest BCUT2D eigenvalue weighted by atomic mass is 79.9. The number of methoxy groups -OCH3 is 1. The zero-order chi connectivity index (χ0) is 15.4. The van der Waals surface area contributed by atoms with Crippen molar-refractivity contribution in [2.24, 2.45) is 10.9 Å². The molecule has 110 valence electrons. The Morgan fingerprint density at radius 3 is 2.95 bits per heavy atom. The molecule has 9 heteroatoms. The smallest absolute Gasteiger partial charge is 0.260 e. The van der Waals surface area contributed by atoms with E-state index in [9.17, 15) is 4.79 Å². The second kappa shape index (κ2) is 6.27. The standard InChI is InChI=1S/C12H12BrN5O3/c1-21-9-4-6(13)2-3-7(9)12(19)16-11-8(5-15-17-11)10(14)18-20/h2-5,20H,1H3,(H2,14,18)(H2,15,16,17,19). The number of nitrogens with zero attached hydrogens (tertiary/aromatic N) is 2. The molecule has 0 aliphatic carbocycles. The Morgan fingerprint density at radius 2 is 2.29 bits per heavy atom. The van der Waals surface area contributed by atoms with Crippen LogP contribution >= 0.6 is 15.9 Å². The number of anilines is 1. The SMILES string of the molecule is COc1cc(Br)ccc1C(=O)Nc1[nH]ncc1/C(N)=N/O. The van der Waals surface area contributed by atoms with Crippen molar-refractivity contribution in [1.29, 1.82) is 0 Å². The highest BCUT2D eigenvalue weighted by Crippen LogP contribution is 2.24.